The molecule has 1 aliphatic heterocycles. The SMILES string of the molecule is COc1ccc(S(=O)(=O)N2CCC(NC(=O)COc3ccc(Cl)cc3)CC2)cc1. The van der Waals surface area contributed by atoms with Crippen molar-refractivity contribution in [2.24, 2.45) is 0 Å². The third-order valence-corrected chi connectivity index (χ3v) is 6.86. The highest BCUT2D eigenvalue weighted by atomic mass is 35.5. The second kappa shape index (κ2) is 9.47. The number of methoxy groups -OCH3 is 1. The number of nitrogens with zero attached hydrogens (tertiary/aromatic N) is 1. The summed E-state index contributed by atoms with van der Waals surface area (Å²) in [5, 5.41) is 3.49. The summed E-state index contributed by atoms with van der Waals surface area (Å²) in [7, 11) is -2.03. The zero-order chi connectivity index (χ0) is 20.9. The van der Waals surface area contributed by atoms with Crippen molar-refractivity contribution in [3.05, 3.63) is 53.6 Å². The van der Waals surface area contributed by atoms with Gasteiger partial charge < -0.3 is 14.8 Å². The lowest BCUT2D eigenvalue weighted by Gasteiger charge is -2.31. The maximum Gasteiger partial charge on any atom is 0.258 e. The smallest absolute Gasteiger partial charge is 0.258 e. The zero-order valence-corrected chi connectivity index (χ0v) is 17.6. The van der Waals surface area contributed by atoms with Crippen LogP contribution in [-0.2, 0) is 14.8 Å². The molecule has 156 valence electrons. The van der Waals surface area contributed by atoms with Crippen LogP contribution < -0.4 is 14.8 Å². The molecule has 0 saturated carbocycles. The van der Waals surface area contributed by atoms with Crippen LogP contribution >= 0.6 is 11.6 Å². The number of rotatable bonds is 7. The summed E-state index contributed by atoms with van der Waals surface area (Å²) in [6.45, 7) is 0.584. The summed E-state index contributed by atoms with van der Waals surface area (Å²) < 4.78 is 37.5. The highest BCUT2D eigenvalue weighted by Gasteiger charge is 2.30. The van der Waals surface area contributed by atoms with Gasteiger partial charge in [0.1, 0.15) is 11.5 Å². The quantitative estimate of drug-likeness (QED) is 0.718. The molecule has 1 amide bonds. The molecule has 1 saturated heterocycles. The Labute approximate surface area is 175 Å². The van der Waals surface area contributed by atoms with Crippen LogP contribution in [0.15, 0.2) is 53.4 Å². The predicted molar refractivity (Wildman–Crippen MR) is 110 cm³/mol. The molecule has 0 unspecified atom stereocenters. The summed E-state index contributed by atoms with van der Waals surface area (Å²) >= 11 is 5.81. The maximum absolute atomic E-state index is 12.8. The molecule has 1 N–H and O–H groups in total. The largest absolute Gasteiger partial charge is 0.497 e. The fraction of sp³-hybridized carbons (Fsp3) is 0.350. The molecule has 1 heterocycles. The molecule has 0 spiro atoms. The number of amides is 1. The lowest BCUT2D eigenvalue weighted by atomic mass is 10.1. The van der Waals surface area contributed by atoms with Crippen molar-refractivity contribution in [2.45, 2.75) is 23.8 Å². The molecule has 1 aliphatic rings. The first-order valence-corrected chi connectivity index (χ1v) is 11.0. The zero-order valence-electron chi connectivity index (χ0n) is 16.0. The molecule has 9 heteroatoms. The van der Waals surface area contributed by atoms with Crippen LogP contribution in [0.3, 0.4) is 0 Å². The normalized spacial score (nSPS) is 15.7. The summed E-state index contributed by atoms with van der Waals surface area (Å²) in [6.07, 6.45) is 1.09. The van der Waals surface area contributed by atoms with Gasteiger partial charge in [-0.15, -0.1) is 0 Å². The number of carbonyl (C=O) groups excluding carboxylic acids is 1. The third kappa shape index (κ3) is 5.62. The van der Waals surface area contributed by atoms with Crippen LogP contribution in [0.2, 0.25) is 5.02 Å². The van der Waals surface area contributed by atoms with Gasteiger partial charge >= 0.3 is 0 Å². The van der Waals surface area contributed by atoms with Crippen molar-refractivity contribution in [1.29, 1.82) is 0 Å². The van der Waals surface area contributed by atoms with E-state index >= 15 is 0 Å². The van der Waals surface area contributed by atoms with Crippen LogP contribution in [0, 0.1) is 0 Å². The number of sulfonamides is 1. The minimum atomic E-state index is -3.56. The number of benzene rings is 2. The van der Waals surface area contributed by atoms with E-state index in [9.17, 15) is 13.2 Å². The molecule has 0 atom stereocenters. The van der Waals surface area contributed by atoms with Gasteiger partial charge in [0.25, 0.3) is 5.91 Å². The molecule has 0 bridgehead atoms. The number of carbonyl (C=O) groups is 1. The number of hydrogen-bond donors (Lipinski definition) is 1. The highest BCUT2D eigenvalue weighted by Crippen LogP contribution is 2.23. The van der Waals surface area contributed by atoms with E-state index in [1.807, 2.05) is 0 Å². The van der Waals surface area contributed by atoms with E-state index in [0.717, 1.165) is 0 Å². The van der Waals surface area contributed by atoms with Crippen LogP contribution in [-0.4, -0.2) is 51.5 Å². The Balaban J connectivity index is 1.47. The van der Waals surface area contributed by atoms with E-state index in [1.165, 1.54) is 23.5 Å². The van der Waals surface area contributed by atoms with Crippen LogP contribution in [0.5, 0.6) is 11.5 Å². The summed E-state index contributed by atoms with van der Waals surface area (Å²) in [6, 6.07) is 13.0. The van der Waals surface area contributed by atoms with Crippen molar-refractivity contribution < 1.29 is 22.7 Å². The van der Waals surface area contributed by atoms with E-state index in [2.05, 4.69) is 5.32 Å². The molecule has 7 nitrogen and oxygen atoms in total. The number of ether oxygens (including phenoxy) is 2. The number of hydrogen-bond acceptors (Lipinski definition) is 5. The first-order valence-electron chi connectivity index (χ1n) is 9.20. The van der Waals surface area contributed by atoms with Gasteiger partial charge in [0.05, 0.1) is 12.0 Å². The third-order valence-electron chi connectivity index (χ3n) is 4.70. The molecule has 2 aromatic rings. The van der Waals surface area contributed by atoms with Crippen molar-refractivity contribution in [2.75, 3.05) is 26.8 Å². The Bertz CT molecular complexity index is 924. The van der Waals surface area contributed by atoms with E-state index in [1.54, 1.807) is 36.4 Å². The van der Waals surface area contributed by atoms with E-state index < -0.39 is 10.0 Å². The minimum absolute atomic E-state index is 0.0846. The Morgan fingerprint density at radius 1 is 1.07 bits per heavy atom. The Morgan fingerprint density at radius 2 is 1.66 bits per heavy atom. The molecule has 0 radical (unpaired) electrons. The Kier molecular flexibility index (Phi) is 7.00. The molecular weight excluding hydrogens is 416 g/mol. The van der Waals surface area contributed by atoms with Gasteiger partial charge in [-0.1, -0.05) is 11.6 Å². The standard InChI is InChI=1S/C20H23ClN2O5S/c1-27-17-6-8-19(9-7-17)29(25,26)23-12-10-16(11-13-23)22-20(24)14-28-18-4-2-15(21)3-5-18/h2-9,16H,10-14H2,1H3,(H,22,24). The van der Waals surface area contributed by atoms with Crippen molar-refractivity contribution in [1.82, 2.24) is 9.62 Å². The van der Waals surface area contributed by atoms with Gasteiger partial charge in [-0.05, 0) is 61.4 Å². The number of piperidine rings is 1. The molecule has 0 aromatic heterocycles. The minimum Gasteiger partial charge on any atom is -0.497 e. The second-order valence-electron chi connectivity index (χ2n) is 6.66. The van der Waals surface area contributed by atoms with Crippen molar-refractivity contribution in [3.8, 4) is 11.5 Å². The van der Waals surface area contributed by atoms with Crippen molar-refractivity contribution >= 4 is 27.5 Å². The van der Waals surface area contributed by atoms with Crippen LogP contribution in [0.4, 0.5) is 0 Å². The molecule has 0 aliphatic carbocycles. The number of halogens is 1. The lowest BCUT2D eigenvalue weighted by Crippen LogP contribution is -2.47. The van der Waals surface area contributed by atoms with Gasteiger partial charge in [-0.2, -0.15) is 4.31 Å². The average Bonchev–Trinajstić information content (AvgIpc) is 2.74. The van der Waals surface area contributed by atoms with Gasteiger partial charge in [-0.25, -0.2) is 8.42 Å². The van der Waals surface area contributed by atoms with Gasteiger partial charge in [0.15, 0.2) is 6.61 Å². The molecular formula is C20H23ClN2O5S. The first-order chi connectivity index (χ1) is 13.9. The lowest BCUT2D eigenvalue weighted by molar-refractivity contribution is -0.124. The highest BCUT2D eigenvalue weighted by molar-refractivity contribution is 7.89. The number of nitrogens with one attached hydrogen (secondary N) is 1. The first kappa shape index (κ1) is 21.4. The maximum atomic E-state index is 12.8. The molecule has 1 fully saturated rings. The average molecular weight is 439 g/mol. The Morgan fingerprint density at radius 3 is 2.24 bits per heavy atom. The van der Waals surface area contributed by atoms with Gasteiger partial charge in [0, 0.05) is 24.2 Å². The Hall–Kier alpha value is -2.29. The molecule has 29 heavy (non-hydrogen) atoms. The van der Waals surface area contributed by atoms with Crippen molar-refractivity contribution in [3.63, 3.8) is 0 Å². The van der Waals surface area contributed by atoms with E-state index in [0.29, 0.717) is 42.5 Å². The fourth-order valence-corrected chi connectivity index (χ4v) is 4.68. The molecule has 3 rings (SSSR count). The monoisotopic (exact) mass is 438 g/mol. The summed E-state index contributed by atoms with van der Waals surface area (Å²) in [4.78, 5) is 12.3. The van der Waals surface area contributed by atoms with Crippen LogP contribution in [0.25, 0.3) is 0 Å². The van der Waals surface area contributed by atoms with E-state index in [-0.39, 0.29) is 23.5 Å². The summed E-state index contributed by atoms with van der Waals surface area (Å²) in [5.74, 6) is 0.924. The topological polar surface area (TPSA) is 84.9 Å². The van der Waals surface area contributed by atoms with Gasteiger partial charge in [0.2, 0.25) is 10.0 Å². The predicted octanol–water partition coefficient (Wildman–Crippen LogP) is 2.70. The fourth-order valence-electron chi connectivity index (χ4n) is 3.09. The van der Waals surface area contributed by atoms with Gasteiger partial charge in [-0.3, -0.25) is 4.79 Å². The summed E-state index contributed by atoms with van der Waals surface area (Å²) in [5.41, 5.74) is 0. The second-order valence-corrected chi connectivity index (χ2v) is 9.04. The van der Waals surface area contributed by atoms with E-state index in [4.69, 9.17) is 21.1 Å². The molecule has 2 aromatic carbocycles. The van der Waals surface area contributed by atoms with Crippen LogP contribution in [0.1, 0.15) is 12.8 Å².